The first kappa shape index (κ1) is 4.80. The Balaban J connectivity index is 2.62. The zero-order valence-corrected chi connectivity index (χ0v) is 5.02. The molecule has 0 unspecified atom stereocenters. The molecule has 0 spiro atoms. The molecular weight excluding hydrogens is 108 g/mol. The lowest BCUT2D eigenvalue weighted by atomic mass is 10.2. The molecule has 0 aromatic heterocycles. The SMILES string of the molecule is C=Cc1cccc2c1[C]2. The number of fused-ring (bicyclic) bond motifs is 1. The molecule has 2 rings (SSSR count). The van der Waals surface area contributed by atoms with E-state index in [1.165, 1.54) is 16.7 Å². The molecule has 1 aliphatic carbocycles. The van der Waals surface area contributed by atoms with E-state index < -0.39 is 0 Å². The first-order valence-corrected chi connectivity index (χ1v) is 2.94. The van der Waals surface area contributed by atoms with Gasteiger partial charge < -0.3 is 0 Å². The van der Waals surface area contributed by atoms with E-state index in [-0.39, 0.29) is 0 Å². The standard InChI is InChI=1S/C9H6/c1-2-7-4-3-5-8-6-9(7)8/h2-5H,1H2. The molecule has 0 saturated carbocycles. The van der Waals surface area contributed by atoms with Crippen molar-refractivity contribution in [3.05, 3.63) is 47.9 Å². The van der Waals surface area contributed by atoms with E-state index in [1.54, 1.807) is 0 Å². The number of hydrogen-bond donors (Lipinski definition) is 0. The Kier molecular flexibility index (Phi) is 0.786. The van der Waals surface area contributed by atoms with Crippen molar-refractivity contribution in [2.45, 2.75) is 0 Å². The van der Waals surface area contributed by atoms with Gasteiger partial charge in [0.15, 0.2) is 0 Å². The molecule has 0 bridgehead atoms. The lowest BCUT2D eigenvalue weighted by molar-refractivity contribution is 1.71. The maximum absolute atomic E-state index is 3.69. The third-order valence-electron chi connectivity index (χ3n) is 1.51. The van der Waals surface area contributed by atoms with Crippen LogP contribution in [-0.4, -0.2) is 0 Å². The molecule has 0 aliphatic heterocycles. The van der Waals surface area contributed by atoms with Crippen molar-refractivity contribution in [3.63, 3.8) is 0 Å². The van der Waals surface area contributed by atoms with Crippen LogP contribution in [-0.2, 0) is 0 Å². The Morgan fingerprint density at radius 3 is 3.00 bits per heavy atom. The van der Waals surface area contributed by atoms with Gasteiger partial charge >= 0.3 is 0 Å². The number of benzene rings is 1. The Hall–Kier alpha value is -1.04. The van der Waals surface area contributed by atoms with Crippen LogP contribution in [0.3, 0.4) is 0 Å². The van der Waals surface area contributed by atoms with Crippen molar-refractivity contribution < 1.29 is 0 Å². The van der Waals surface area contributed by atoms with E-state index in [0.29, 0.717) is 0 Å². The Bertz CT molecular complexity index is 259. The van der Waals surface area contributed by atoms with Crippen LogP contribution in [0, 0.1) is 6.42 Å². The summed E-state index contributed by atoms with van der Waals surface area (Å²) in [5.41, 5.74) is 3.69. The van der Waals surface area contributed by atoms with E-state index in [1.807, 2.05) is 18.2 Å². The fourth-order valence-electron chi connectivity index (χ4n) is 0.958. The fourth-order valence-corrected chi connectivity index (χ4v) is 0.958. The van der Waals surface area contributed by atoms with E-state index in [9.17, 15) is 0 Å². The first-order chi connectivity index (χ1) is 4.42. The average Bonchev–Trinajstić information content (AvgIpc) is 2.64. The molecule has 0 nitrogen and oxygen atoms in total. The number of hydrogen-bond acceptors (Lipinski definition) is 0. The van der Waals surface area contributed by atoms with Crippen molar-refractivity contribution in [3.8, 4) is 0 Å². The minimum atomic E-state index is 1.20. The molecule has 0 saturated heterocycles. The molecule has 0 heteroatoms. The minimum Gasteiger partial charge on any atom is -0.0985 e. The van der Waals surface area contributed by atoms with Crippen LogP contribution in [0.4, 0.5) is 0 Å². The summed E-state index contributed by atoms with van der Waals surface area (Å²) in [7, 11) is 0. The summed E-state index contributed by atoms with van der Waals surface area (Å²) in [6.07, 6.45) is 5.00. The highest BCUT2D eigenvalue weighted by molar-refractivity contribution is 5.70. The highest BCUT2D eigenvalue weighted by Gasteiger charge is 2.19. The quantitative estimate of drug-likeness (QED) is 0.532. The van der Waals surface area contributed by atoms with Crippen LogP contribution < -0.4 is 0 Å². The Morgan fingerprint density at radius 1 is 1.44 bits per heavy atom. The average molecular weight is 114 g/mol. The smallest absolute Gasteiger partial charge is 0.0514 e. The minimum absolute atomic E-state index is 1.20. The van der Waals surface area contributed by atoms with Crippen LogP contribution in [0.1, 0.15) is 16.7 Å². The van der Waals surface area contributed by atoms with Crippen molar-refractivity contribution in [2.75, 3.05) is 0 Å². The molecule has 0 heterocycles. The molecule has 1 aromatic rings. The molecule has 1 aromatic carbocycles. The van der Waals surface area contributed by atoms with Crippen LogP contribution in [0.5, 0.6) is 0 Å². The fraction of sp³-hybridized carbons (Fsp3) is 0. The van der Waals surface area contributed by atoms with Crippen LogP contribution >= 0.6 is 0 Å². The van der Waals surface area contributed by atoms with Gasteiger partial charge in [0.2, 0.25) is 0 Å². The van der Waals surface area contributed by atoms with Gasteiger partial charge in [0, 0.05) is 0 Å². The van der Waals surface area contributed by atoms with Gasteiger partial charge in [-0.1, -0.05) is 30.9 Å². The zero-order chi connectivity index (χ0) is 6.27. The summed E-state index contributed by atoms with van der Waals surface area (Å²) in [4.78, 5) is 0. The maximum Gasteiger partial charge on any atom is 0.0514 e. The monoisotopic (exact) mass is 114 g/mol. The van der Waals surface area contributed by atoms with Crippen molar-refractivity contribution in [1.82, 2.24) is 0 Å². The third kappa shape index (κ3) is 0.595. The molecule has 0 atom stereocenters. The molecule has 1 aliphatic rings. The van der Waals surface area contributed by atoms with Gasteiger partial charge in [-0.05, 0) is 16.7 Å². The third-order valence-corrected chi connectivity index (χ3v) is 1.51. The normalized spacial score (nSPS) is 12.4. The summed E-state index contributed by atoms with van der Waals surface area (Å²) >= 11 is 0. The zero-order valence-electron chi connectivity index (χ0n) is 5.02. The lowest BCUT2D eigenvalue weighted by Gasteiger charge is -1.85. The Morgan fingerprint density at radius 2 is 2.33 bits per heavy atom. The second-order valence-electron chi connectivity index (χ2n) is 2.10. The van der Waals surface area contributed by atoms with Gasteiger partial charge in [-0.3, -0.25) is 0 Å². The lowest BCUT2D eigenvalue weighted by Crippen LogP contribution is -1.65. The highest BCUT2D eigenvalue weighted by Crippen LogP contribution is 2.33. The van der Waals surface area contributed by atoms with E-state index in [4.69, 9.17) is 0 Å². The van der Waals surface area contributed by atoms with E-state index in [0.717, 1.165) is 0 Å². The molecule has 0 amide bonds. The van der Waals surface area contributed by atoms with Gasteiger partial charge in [0.05, 0.1) is 6.42 Å². The summed E-state index contributed by atoms with van der Waals surface area (Å²) in [5.74, 6) is 0. The van der Waals surface area contributed by atoms with Gasteiger partial charge in [-0.2, -0.15) is 0 Å². The second kappa shape index (κ2) is 1.47. The highest BCUT2D eigenvalue weighted by atomic mass is 14.2. The molecular formula is C9H6. The summed E-state index contributed by atoms with van der Waals surface area (Å²) in [5, 5.41) is 0. The maximum atomic E-state index is 3.69. The first-order valence-electron chi connectivity index (χ1n) is 2.94. The molecule has 0 N–H and O–H groups in total. The van der Waals surface area contributed by atoms with Gasteiger partial charge in [-0.25, -0.2) is 0 Å². The van der Waals surface area contributed by atoms with Crippen molar-refractivity contribution >= 4 is 6.08 Å². The van der Waals surface area contributed by atoms with E-state index >= 15 is 0 Å². The second-order valence-corrected chi connectivity index (χ2v) is 2.10. The van der Waals surface area contributed by atoms with Gasteiger partial charge in [0.25, 0.3) is 0 Å². The molecule has 0 fully saturated rings. The van der Waals surface area contributed by atoms with E-state index in [2.05, 4.69) is 19.1 Å². The molecule has 2 radical (unpaired) electrons. The Labute approximate surface area is 54.8 Å². The largest absolute Gasteiger partial charge is 0.0985 e. The summed E-state index contributed by atoms with van der Waals surface area (Å²) < 4.78 is 0. The van der Waals surface area contributed by atoms with Gasteiger partial charge in [0.1, 0.15) is 0 Å². The number of rotatable bonds is 1. The summed E-state index contributed by atoms with van der Waals surface area (Å²) in [6, 6.07) is 6.13. The van der Waals surface area contributed by atoms with Crippen LogP contribution in [0.2, 0.25) is 0 Å². The van der Waals surface area contributed by atoms with Gasteiger partial charge in [-0.15, -0.1) is 0 Å². The van der Waals surface area contributed by atoms with Crippen LogP contribution in [0.25, 0.3) is 6.08 Å². The van der Waals surface area contributed by atoms with Crippen molar-refractivity contribution in [2.24, 2.45) is 0 Å². The molecule has 42 valence electrons. The predicted octanol–water partition coefficient (Wildman–Crippen LogP) is 2.12. The summed E-state index contributed by atoms with van der Waals surface area (Å²) in [6.45, 7) is 3.69. The predicted molar refractivity (Wildman–Crippen MR) is 38.0 cm³/mol. The topological polar surface area (TPSA) is 0 Å². The van der Waals surface area contributed by atoms with Crippen LogP contribution in [0.15, 0.2) is 24.8 Å². The van der Waals surface area contributed by atoms with Crippen molar-refractivity contribution in [1.29, 1.82) is 0 Å². The molecule has 9 heavy (non-hydrogen) atoms.